The maximum atomic E-state index is 12.1. The quantitative estimate of drug-likeness (QED) is 0.707. The van der Waals surface area contributed by atoms with Crippen molar-refractivity contribution in [1.29, 1.82) is 0 Å². The lowest BCUT2D eigenvalue weighted by molar-refractivity contribution is -0.113. The summed E-state index contributed by atoms with van der Waals surface area (Å²) in [5.74, 6) is 0.188. The van der Waals surface area contributed by atoms with Crippen molar-refractivity contribution in [1.82, 2.24) is 9.88 Å². The van der Waals surface area contributed by atoms with E-state index in [1.54, 1.807) is 12.4 Å². The van der Waals surface area contributed by atoms with E-state index in [9.17, 15) is 4.79 Å². The van der Waals surface area contributed by atoms with Crippen LogP contribution >= 0.6 is 0 Å². The number of aromatic nitrogens is 1. The van der Waals surface area contributed by atoms with Gasteiger partial charge in [-0.05, 0) is 12.5 Å². The second kappa shape index (κ2) is 6.84. The first-order valence-electron chi connectivity index (χ1n) is 5.97. The maximum absolute atomic E-state index is 12.1. The van der Waals surface area contributed by atoms with Gasteiger partial charge in [-0.25, -0.2) is 0 Å². The van der Waals surface area contributed by atoms with Crippen LogP contribution in [0.3, 0.4) is 0 Å². The van der Waals surface area contributed by atoms with Crippen molar-refractivity contribution in [3.8, 4) is 0 Å². The molecule has 0 fully saturated rings. The summed E-state index contributed by atoms with van der Waals surface area (Å²) >= 11 is 0. The summed E-state index contributed by atoms with van der Waals surface area (Å²) < 4.78 is 0. The normalized spacial score (nSPS) is 11.4. The first-order chi connectivity index (χ1) is 8.15. The first kappa shape index (κ1) is 13.4. The molecule has 92 valence electrons. The minimum absolute atomic E-state index is 0.188. The zero-order chi connectivity index (χ0) is 12.7. The number of hydrogen-bond donors (Lipinski definition) is 0. The van der Waals surface area contributed by atoms with E-state index in [2.05, 4.69) is 11.9 Å². The molecule has 0 aliphatic heterocycles. The fourth-order valence-corrected chi connectivity index (χ4v) is 1.56. The van der Waals surface area contributed by atoms with Crippen LogP contribution in [0, 0.1) is 0 Å². The molecule has 0 unspecified atom stereocenters. The van der Waals surface area contributed by atoms with Crippen LogP contribution in [0.15, 0.2) is 30.7 Å². The maximum Gasteiger partial charge on any atom is 0.164 e. The van der Waals surface area contributed by atoms with Crippen molar-refractivity contribution < 1.29 is 4.79 Å². The molecule has 0 aromatic carbocycles. The molecule has 0 radical (unpaired) electrons. The Morgan fingerprint density at radius 2 is 2.24 bits per heavy atom. The van der Waals surface area contributed by atoms with Gasteiger partial charge in [0.05, 0.1) is 0 Å². The summed E-state index contributed by atoms with van der Waals surface area (Å²) in [6, 6.07) is 3.78. The summed E-state index contributed by atoms with van der Waals surface area (Å²) in [6.07, 6.45) is 7.89. The lowest BCUT2D eigenvalue weighted by Gasteiger charge is -2.11. The molecule has 0 spiro atoms. The molecule has 1 rings (SSSR count). The van der Waals surface area contributed by atoms with Gasteiger partial charge in [-0.15, -0.1) is 0 Å². The molecule has 0 atom stereocenters. The number of allylic oxidation sites excluding steroid dienone is 1. The van der Waals surface area contributed by atoms with E-state index in [4.69, 9.17) is 0 Å². The fourth-order valence-electron chi connectivity index (χ4n) is 1.56. The van der Waals surface area contributed by atoms with Crippen molar-refractivity contribution in [2.24, 2.45) is 0 Å². The van der Waals surface area contributed by atoms with Gasteiger partial charge < -0.3 is 4.90 Å². The number of pyridine rings is 1. The fraction of sp³-hybridized carbons (Fsp3) is 0.429. The van der Waals surface area contributed by atoms with Crippen LogP contribution in [0.25, 0.3) is 5.57 Å². The highest BCUT2D eigenvalue weighted by Gasteiger charge is 2.11. The van der Waals surface area contributed by atoms with Gasteiger partial charge in [-0.3, -0.25) is 9.78 Å². The third kappa shape index (κ3) is 4.39. The van der Waals surface area contributed by atoms with Crippen molar-refractivity contribution >= 4 is 11.4 Å². The average molecular weight is 232 g/mol. The van der Waals surface area contributed by atoms with Crippen LogP contribution in [-0.2, 0) is 4.79 Å². The summed E-state index contributed by atoms with van der Waals surface area (Å²) in [5, 5.41) is 0. The summed E-state index contributed by atoms with van der Waals surface area (Å²) in [7, 11) is 3.84. The third-order valence-corrected chi connectivity index (χ3v) is 2.42. The van der Waals surface area contributed by atoms with E-state index in [1.165, 1.54) is 0 Å². The predicted octanol–water partition coefficient (Wildman–Crippen LogP) is 2.74. The van der Waals surface area contributed by atoms with Gasteiger partial charge in [0.25, 0.3) is 0 Å². The van der Waals surface area contributed by atoms with Crippen LogP contribution in [-0.4, -0.2) is 29.8 Å². The molecular weight excluding hydrogens is 212 g/mol. The van der Waals surface area contributed by atoms with Crippen molar-refractivity contribution in [2.45, 2.75) is 26.2 Å². The molecule has 0 saturated carbocycles. The molecule has 1 heterocycles. The van der Waals surface area contributed by atoms with Gasteiger partial charge in [0.15, 0.2) is 5.78 Å². The van der Waals surface area contributed by atoms with Gasteiger partial charge in [-0.1, -0.05) is 19.4 Å². The lowest BCUT2D eigenvalue weighted by Crippen LogP contribution is -2.09. The summed E-state index contributed by atoms with van der Waals surface area (Å²) in [4.78, 5) is 18.1. The number of nitrogens with zero attached hydrogens (tertiary/aromatic N) is 2. The number of rotatable bonds is 6. The Bertz CT molecular complexity index is 382. The standard InChI is InChI=1S/C14H20N2O/c1-4-5-8-14(17)13(11-16(2)3)12-7-6-9-15-10-12/h6-7,9-11H,4-5,8H2,1-3H3/b13-11-. The van der Waals surface area contributed by atoms with Gasteiger partial charge in [0.1, 0.15) is 0 Å². The Morgan fingerprint density at radius 1 is 1.47 bits per heavy atom. The first-order valence-corrected chi connectivity index (χ1v) is 5.97. The predicted molar refractivity (Wildman–Crippen MR) is 70.4 cm³/mol. The minimum Gasteiger partial charge on any atom is -0.383 e. The Kier molecular flexibility index (Phi) is 5.40. The van der Waals surface area contributed by atoms with E-state index in [0.717, 1.165) is 24.0 Å². The molecular formula is C14H20N2O. The zero-order valence-corrected chi connectivity index (χ0v) is 10.8. The Balaban J connectivity index is 2.93. The molecule has 0 bridgehead atoms. The van der Waals surface area contributed by atoms with Crippen LogP contribution in [0.5, 0.6) is 0 Å². The molecule has 0 aliphatic rings. The van der Waals surface area contributed by atoms with Gasteiger partial charge in [-0.2, -0.15) is 0 Å². The van der Waals surface area contributed by atoms with Crippen molar-refractivity contribution in [3.05, 3.63) is 36.3 Å². The summed E-state index contributed by atoms with van der Waals surface area (Å²) in [6.45, 7) is 2.09. The number of Topliss-reactive ketones (excluding diaryl/α,β-unsaturated/α-hetero) is 1. The smallest absolute Gasteiger partial charge is 0.164 e. The van der Waals surface area contributed by atoms with Crippen molar-refractivity contribution in [2.75, 3.05) is 14.1 Å². The van der Waals surface area contributed by atoms with E-state index < -0.39 is 0 Å². The van der Waals surface area contributed by atoms with Crippen LogP contribution in [0.1, 0.15) is 31.7 Å². The van der Waals surface area contributed by atoms with Gasteiger partial charge in [0.2, 0.25) is 0 Å². The van der Waals surface area contributed by atoms with E-state index >= 15 is 0 Å². The van der Waals surface area contributed by atoms with Crippen LogP contribution in [0.2, 0.25) is 0 Å². The molecule has 1 aromatic heterocycles. The average Bonchev–Trinajstić information content (AvgIpc) is 2.34. The number of carbonyl (C=O) groups excluding carboxylic acids is 1. The van der Waals surface area contributed by atoms with Gasteiger partial charge in [0, 0.05) is 50.2 Å². The van der Waals surface area contributed by atoms with Crippen molar-refractivity contribution in [3.63, 3.8) is 0 Å². The SMILES string of the molecule is CCCCC(=O)/C(=C\N(C)C)c1cccnc1. The topological polar surface area (TPSA) is 33.2 Å². The van der Waals surface area contributed by atoms with Gasteiger partial charge >= 0.3 is 0 Å². The number of ketones is 1. The molecule has 1 aromatic rings. The Morgan fingerprint density at radius 3 is 2.76 bits per heavy atom. The number of carbonyl (C=O) groups is 1. The van der Waals surface area contributed by atoms with Crippen LogP contribution in [0.4, 0.5) is 0 Å². The molecule has 3 heteroatoms. The molecule has 17 heavy (non-hydrogen) atoms. The van der Waals surface area contributed by atoms with E-state index in [-0.39, 0.29) is 5.78 Å². The van der Waals surface area contributed by atoms with E-state index in [0.29, 0.717) is 6.42 Å². The second-order valence-electron chi connectivity index (χ2n) is 4.27. The number of unbranched alkanes of at least 4 members (excludes halogenated alkanes) is 1. The third-order valence-electron chi connectivity index (χ3n) is 2.42. The summed E-state index contributed by atoms with van der Waals surface area (Å²) in [5.41, 5.74) is 1.64. The molecule has 0 aliphatic carbocycles. The Hall–Kier alpha value is -1.64. The second-order valence-corrected chi connectivity index (χ2v) is 4.27. The molecule has 0 N–H and O–H groups in total. The number of hydrogen-bond acceptors (Lipinski definition) is 3. The highest BCUT2D eigenvalue weighted by Crippen LogP contribution is 2.17. The minimum atomic E-state index is 0.188. The monoisotopic (exact) mass is 232 g/mol. The largest absolute Gasteiger partial charge is 0.383 e. The molecule has 3 nitrogen and oxygen atoms in total. The Labute approximate surface area is 103 Å². The molecule has 0 saturated heterocycles. The molecule has 0 amide bonds. The zero-order valence-electron chi connectivity index (χ0n) is 10.8. The highest BCUT2D eigenvalue weighted by molar-refractivity contribution is 6.20. The van der Waals surface area contributed by atoms with Crippen LogP contribution < -0.4 is 0 Å². The lowest BCUT2D eigenvalue weighted by atomic mass is 10.0. The highest BCUT2D eigenvalue weighted by atomic mass is 16.1. The van der Waals surface area contributed by atoms with E-state index in [1.807, 2.05) is 37.3 Å².